The average Bonchev–Trinajstić information content (AvgIpc) is 2.72. The lowest BCUT2D eigenvalue weighted by Crippen LogP contribution is -2.51. The number of nitrogens with one attached hydrogen (secondary N) is 1. The van der Waals surface area contributed by atoms with Crippen molar-refractivity contribution in [3.63, 3.8) is 0 Å². The number of hydrogen-bond donors (Lipinski definition) is 1. The Morgan fingerprint density at radius 2 is 1.77 bits per heavy atom. The highest BCUT2D eigenvalue weighted by molar-refractivity contribution is 5.74. The molecule has 1 fully saturated rings. The van der Waals surface area contributed by atoms with Gasteiger partial charge in [0.2, 0.25) is 0 Å². The first-order valence-electron chi connectivity index (χ1n) is 8.47. The molecule has 1 saturated heterocycles. The number of benzene rings is 2. The van der Waals surface area contributed by atoms with Crippen molar-refractivity contribution in [3.05, 3.63) is 65.2 Å². The van der Waals surface area contributed by atoms with Crippen molar-refractivity contribution in [1.29, 1.82) is 10.5 Å². The maximum atomic E-state index is 12.4. The molecule has 0 atom stereocenters. The lowest BCUT2D eigenvalue weighted by molar-refractivity contribution is 0.194. The highest BCUT2D eigenvalue weighted by atomic mass is 16.2. The van der Waals surface area contributed by atoms with E-state index in [1.54, 1.807) is 17.0 Å². The van der Waals surface area contributed by atoms with Gasteiger partial charge in [0.25, 0.3) is 0 Å². The molecule has 0 aromatic heterocycles. The number of para-hydroxylation sites is 1. The topological polar surface area (TPSA) is 83.2 Å². The van der Waals surface area contributed by atoms with Crippen molar-refractivity contribution in [2.45, 2.75) is 6.54 Å². The molecule has 0 unspecified atom stereocenters. The van der Waals surface area contributed by atoms with Crippen LogP contribution in [0.25, 0.3) is 0 Å². The van der Waals surface area contributed by atoms with Gasteiger partial charge in [0, 0.05) is 32.7 Å². The average molecular weight is 345 g/mol. The van der Waals surface area contributed by atoms with Gasteiger partial charge in [-0.25, -0.2) is 4.79 Å². The summed E-state index contributed by atoms with van der Waals surface area (Å²) in [7, 11) is 0. The number of hydrogen-bond acceptors (Lipinski definition) is 4. The van der Waals surface area contributed by atoms with Crippen molar-refractivity contribution in [2.75, 3.05) is 31.1 Å². The first-order chi connectivity index (χ1) is 12.7. The number of urea groups is 1. The summed E-state index contributed by atoms with van der Waals surface area (Å²) >= 11 is 0. The zero-order valence-corrected chi connectivity index (χ0v) is 14.4. The van der Waals surface area contributed by atoms with Crippen molar-refractivity contribution < 1.29 is 4.79 Å². The fourth-order valence-electron chi connectivity index (χ4n) is 3.03. The molecule has 130 valence electrons. The van der Waals surface area contributed by atoms with Crippen LogP contribution in [0.2, 0.25) is 0 Å². The summed E-state index contributed by atoms with van der Waals surface area (Å²) in [6.45, 7) is 2.98. The Morgan fingerprint density at radius 3 is 2.50 bits per heavy atom. The molecule has 0 bridgehead atoms. The number of nitrogens with zero attached hydrogens (tertiary/aromatic N) is 4. The van der Waals surface area contributed by atoms with Crippen LogP contribution in [0.5, 0.6) is 0 Å². The van der Waals surface area contributed by atoms with Crippen molar-refractivity contribution in [1.82, 2.24) is 10.2 Å². The van der Waals surface area contributed by atoms with E-state index in [0.29, 0.717) is 43.9 Å². The minimum Gasteiger partial charge on any atom is -0.367 e. The number of anilines is 1. The van der Waals surface area contributed by atoms with Crippen LogP contribution in [0.4, 0.5) is 10.5 Å². The minimum atomic E-state index is -0.111. The molecule has 6 nitrogen and oxygen atoms in total. The standard InChI is InChI=1S/C20H19N5O/c21-13-16-4-3-5-17(12-16)15-23-20(26)25-10-8-24(9-11-25)19-7-2-1-6-18(19)14-22/h1-7,12H,8-11,15H2,(H,23,26). The van der Waals surface area contributed by atoms with E-state index in [9.17, 15) is 10.1 Å². The maximum Gasteiger partial charge on any atom is 0.317 e. The molecule has 0 spiro atoms. The fourth-order valence-corrected chi connectivity index (χ4v) is 3.03. The predicted molar refractivity (Wildman–Crippen MR) is 98.3 cm³/mol. The van der Waals surface area contributed by atoms with Crippen molar-refractivity contribution in [2.24, 2.45) is 0 Å². The largest absolute Gasteiger partial charge is 0.367 e. The predicted octanol–water partition coefficient (Wildman–Crippen LogP) is 2.46. The number of rotatable bonds is 3. The number of carbonyl (C=O) groups is 1. The molecule has 2 amide bonds. The summed E-state index contributed by atoms with van der Waals surface area (Å²) in [4.78, 5) is 16.3. The molecule has 0 saturated carbocycles. The van der Waals surface area contributed by atoms with Crippen LogP contribution in [0.15, 0.2) is 48.5 Å². The van der Waals surface area contributed by atoms with Gasteiger partial charge in [-0.15, -0.1) is 0 Å². The van der Waals surface area contributed by atoms with E-state index in [2.05, 4.69) is 22.4 Å². The highest BCUT2D eigenvalue weighted by Crippen LogP contribution is 2.21. The first kappa shape index (κ1) is 17.3. The van der Waals surface area contributed by atoms with Crippen LogP contribution in [0.3, 0.4) is 0 Å². The summed E-state index contributed by atoms with van der Waals surface area (Å²) in [6.07, 6.45) is 0. The monoisotopic (exact) mass is 345 g/mol. The molecule has 3 rings (SSSR count). The molecule has 1 N–H and O–H groups in total. The van der Waals surface area contributed by atoms with Crippen LogP contribution < -0.4 is 10.2 Å². The van der Waals surface area contributed by atoms with Gasteiger partial charge in [-0.1, -0.05) is 24.3 Å². The van der Waals surface area contributed by atoms with Crippen molar-refractivity contribution in [3.8, 4) is 12.1 Å². The van der Waals surface area contributed by atoms with E-state index in [1.165, 1.54) is 0 Å². The van der Waals surface area contributed by atoms with Crippen LogP contribution in [-0.2, 0) is 6.54 Å². The Balaban J connectivity index is 1.54. The molecule has 1 heterocycles. The first-order valence-corrected chi connectivity index (χ1v) is 8.47. The van der Waals surface area contributed by atoms with E-state index >= 15 is 0 Å². The summed E-state index contributed by atoms with van der Waals surface area (Å²) in [5, 5.41) is 21.1. The number of piperazine rings is 1. The number of carbonyl (C=O) groups excluding carboxylic acids is 1. The minimum absolute atomic E-state index is 0.111. The molecular weight excluding hydrogens is 326 g/mol. The van der Waals surface area contributed by atoms with E-state index in [4.69, 9.17) is 5.26 Å². The van der Waals surface area contributed by atoms with Gasteiger partial charge < -0.3 is 15.1 Å². The molecule has 2 aromatic carbocycles. The highest BCUT2D eigenvalue weighted by Gasteiger charge is 2.22. The van der Waals surface area contributed by atoms with E-state index in [0.717, 1.165) is 11.3 Å². The Bertz CT molecular complexity index is 872. The van der Waals surface area contributed by atoms with Crippen LogP contribution >= 0.6 is 0 Å². The Hall–Kier alpha value is -3.51. The van der Waals surface area contributed by atoms with Crippen LogP contribution in [-0.4, -0.2) is 37.1 Å². The lowest BCUT2D eigenvalue weighted by Gasteiger charge is -2.36. The van der Waals surface area contributed by atoms with Crippen LogP contribution in [0, 0.1) is 22.7 Å². The lowest BCUT2D eigenvalue weighted by atomic mass is 10.1. The second kappa shape index (κ2) is 8.04. The molecule has 0 aliphatic carbocycles. The Kier molecular flexibility index (Phi) is 5.36. The number of amides is 2. The fraction of sp³-hybridized carbons (Fsp3) is 0.250. The second-order valence-corrected chi connectivity index (χ2v) is 6.07. The van der Waals surface area contributed by atoms with Gasteiger partial charge in [-0.05, 0) is 29.8 Å². The summed E-state index contributed by atoms with van der Waals surface area (Å²) in [5.41, 5.74) is 3.06. The smallest absolute Gasteiger partial charge is 0.317 e. The number of nitriles is 2. The quantitative estimate of drug-likeness (QED) is 0.926. The van der Waals surface area contributed by atoms with E-state index in [1.807, 2.05) is 36.4 Å². The van der Waals surface area contributed by atoms with Gasteiger partial charge >= 0.3 is 6.03 Å². The van der Waals surface area contributed by atoms with Gasteiger partial charge in [0.05, 0.1) is 22.9 Å². The third-order valence-corrected chi connectivity index (χ3v) is 4.43. The Morgan fingerprint density at radius 1 is 1.00 bits per heavy atom. The van der Waals surface area contributed by atoms with Gasteiger partial charge in [-0.2, -0.15) is 10.5 Å². The SMILES string of the molecule is N#Cc1cccc(CNC(=O)N2CCN(c3ccccc3C#N)CC2)c1. The second-order valence-electron chi connectivity index (χ2n) is 6.07. The summed E-state index contributed by atoms with van der Waals surface area (Å²) in [6, 6.07) is 18.9. The van der Waals surface area contributed by atoms with Gasteiger partial charge in [0.1, 0.15) is 6.07 Å². The van der Waals surface area contributed by atoms with Gasteiger partial charge in [0.15, 0.2) is 0 Å². The third-order valence-electron chi connectivity index (χ3n) is 4.43. The van der Waals surface area contributed by atoms with E-state index in [-0.39, 0.29) is 6.03 Å². The molecule has 6 heteroatoms. The maximum absolute atomic E-state index is 12.4. The molecule has 2 aromatic rings. The molecular formula is C20H19N5O. The summed E-state index contributed by atoms with van der Waals surface area (Å²) < 4.78 is 0. The molecule has 0 radical (unpaired) electrons. The van der Waals surface area contributed by atoms with Crippen LogP contribution in [0.1, 0.15) is 16.7 Å². The van der Waals surface area contributed by atoms with E-state index < -0.39 is 0 Å². The molecule has 26 heavy (non-hydrogen) atoms. The third kappa shape index (κ3) is 3.93. The summed E-state index contributed by atoms with van der Waals surface area (Å²) in [5.74, 6) is 0. The van der Waals surface area contributed by atoms with Crippen molar-refractivity contribution >= 4 is 11.7 Å². The zero-order chi connectivity index (χ0) is 18.4. The molecule has 1 aliphatic heterocycles. The zero-order valence-electron chi connectivity index (χ0n) is 14.4. The van der Waals surface area contributed by atoms with Gasteiger partial charge in [-0.3, -0.25) is 0 Å². The Labute approximate surface area is 152 Å². The normalized spacial score (nSPS) is 13.6. The molecule has 1 aliphatic rings.